The van der Waals surface area contributed by atoms with E-state index in [0.717, 1.165) is 43.4 Å². The Balaban J connectivity index is 1.99. The zero-order valence-electron chi connectivity index (χ0n) is 13.0. The molecule has 0 radical (unpaired) electrons. The van der Waals surface area contributed by atoms with E-state index < -0.39 is 0 Å². The smallest absolute Gasteiger partial charge is 0.219 e. The molecule has 5 heteroatoms. The van der Waals surface area contributed by atoms with E-state index in [4.69, 9.17) is 11.6 Å². The Labute approximate surface area is 132 Å². The van der Waals surface area contributed by atoms with Gasteiger partial charge in [0.25, 0.3) is 0 Å². The topological polar surface area (TPSA) is 35.6 Å². The summed E-state index contributed by atoms with van der Waals surface area (Å²) in [4.78, 5) is 15.5. The van der Waals surface area contributed by atoms with Gasteiger partial charge in [-0.1, -0.05) is 31.5 Å². The molecule has 2 rings (SSSR count). The zero-order chi connectivity index (χ0) is 15.4. The summed E-state index contributed by atoms with van der Waals surface area (Å²) >= 11 is 6.43. The first-order valence-electron chi connectivity index (χ1n) is 7.49. The molecule has 1 N–H and O–H groups in total. The molecule has 1 aliphatic heterocycles. The lowest BCUT2D eigenvalue weighted by Crippen LogP contribution is -2.48. The van der Waals surface area contributed by atoms with E-state index in [2.05, 4.69) is 36.2 Å². The Bertz CT molecular complexity index is 496. The summed E-state index contributed by atoms with van der Waals surface area (Å²) in [7, 11) is 0. The molecule has 1 heterocycles. The van der Waals surface area contributed by atoms with Crippen molar-refractivity contribution in [1.29, 1.82) is 0 Å². The zero-order valence-corrected chi connectivity index (χ0v) is 13.8. The van der Waals surface area contributed by atoms with Crippen molar-refractivity contribution >= 4 is 23.2 Å². The van der Waals surface area contributed by atoms with E-state index in [1.807, 2.05) is 11.0 Å². The standard InChI is InChI=1S/C16H24ClN3O/c1-12(2)18-11-14-4-5-16(15(17)10-14)20-8-6-19(7-9-20)13(3)21/h4-5,10,12,18H,6-9,11H2,1-3H3. The van der Waals surface area contributed by atoms with Crippen LogP contribution in [0.15, 0.2) is 18.2 Å². The molecule has 0 aromatic heterocycles. The van der Waals surface area contributed by atoms with Crippen LogP contribution in [0.4, 0.5) is 5.69 Å². The molecule has 1 aromatic rings. The van der Waals surface area contributed by atoms with Crippen LogP contribution in [0.2, 0.25) is 5.02 Å². The van der Waals surface area contributed by atoms with Crippen LogP contribution in [0.1, 0.15) is 26.3 Å². The van der Waals surface area contributed by atoms with Gasteiger partial charge in [0.2, 0.25) is 5.91 Å². The molecule has 1 aliphatic rings. The highest BCUT2D eigenvalue weighted by Crippen LogP contribution is 2.27. The van der Waals surface area contributed by atoms with Crippen molar-refractivity contribution < 1.29 is 4.79 Å². The Kier molecular flexibility index (Phi) is 5.48. The van der Waals surface area contributed by atoms with Crippen molar-refractivity contribution in [3.63, 3.8) is 0 Å². The van der Waals surface area contributed by atoms with E-state index >= 15 is 0 Å². The summed E-state index contributed by atoms with van der Waals surface area (Å²) < 4.78 is 0. The van der Waals surface area contributed by atoms with Gasteiger partial charge in [0.05, 0.1) is 10.7 Å². The average Bonchev–Trinajstić information content (AvgIpc) is 2.45. The Morgan fingerprint density at radius 1 is 1.29 bits per heavy atom. The quantitative estimate of drug-likeness (QED) is 0.928. The van der Waals surface area contributed by atoms with E-state index in [1.54, 1.807) is 6.92 Å². The fourth-order valence-electron chi connectivity index (χ4n) is 2.50. The second kappa shape index (κ2) is 7.14. The molecule has 0 unspecified atom stereocenters. The maximum Gasteiger partial charge on any atom is 0.219 e. The summed E-state index contributed by atoms with van der Waals surface area (Å²) in [5.41, 5.74) is 2.26. The Morgan fingerprint density at radius 2 is 1.95 bits per heavy atom. The van der Waals surface area contributed by atoms with Gasteiger partial charge in [-0.25, -0.2) is 0 Å². The lowest BCUT2D eigenvalue weighted by Gasteiger charge is -2.36. The van der Waals surface area contributed by atoms with Crippen LogP contribution in [0, 0.1) is 0 Å². The molecule has 0 saturated carbocycles. The van der Waals surface area contributed by atoms with Crippen LogP contribution in [0.5, 0.6) is 0 Å². The van der Waals surface area contributed by atoms with Crippen molar-refractivity contribution in [2.45, 2.75) is 33.4 Å². The number of nitrogens with one attached hydrogen (secondary N) is 1. The second-order valence-electron chi connectivity index (χ2n) is 5.81. The lowest BCUT2D eigenvalue weighted by molar-refractivity contribution is -0.129. The SMILES string of the molecule is CC(=O)N1CCN(c2ccc(CNC(C)C)cc2Cl)CC1. The molecule has 4 nitrogen and oxygen atoms in total. The van der Waals surface area contributed by atoms with E-state index in [1.165, 1.54) is 5.56 Å². The van der Waals surface area contributed by atoms with E-state index in [9.17, 15) is 4.79 Å². The van der Waals surface area contributed by atoms with Gasteiger partial charge in [0.15, 0.2) is 0 Å². The highest BCUT2D eigenvalue weighted by atomic mass is 35.5. The minimum Gasteiger partial charge on any atom is -0.367 e. The molecule has 0 atom stereocenters. The van der Waals surface area contributed by atoms with Crippen molar-refractivity contribution in [1.82, 2.24) is 10.2 Å². The van der Waals surface area contributed by atoms with Crippen molar-refractivity contribution in [2.75, 3.05) is 31.1 Å². The maximum absolute atomic E-state index is 11.4. The van der Waals surface area contributed by atoms with E-state index in [-0.39, 0.29) is 5.91 Å². The third-order valence-electron chi connectivity index (χ3n) is 3.79. The molecule has 21 heavy (non-hydrogen) atoms. The maximum atomic E-state index is 11.4. The van der Waals surface area contributed by atoms with Gasteiger partial charge < -0.3 is 15.1 Å². The first-order chi connectivity index (χ1) is 9.97. The largest absolute Gasteiger partial charge is 0.367 e. The number of halogens is 1. The number of benzene rings is 1. The summed E-state index contributed by atoms with van der Waals surface area (Å²) in [6, 6.07) is 6.70. The molecule has 1 fully saturated rings. The molecular weight excluding hydrogens is 286 g/mol. The Hall–Kier alpha value is -1.26. The normalized spacial score (nSPS) is 15.7. The summed E-state index contributed by atoms with van der Waals surface area (Å²) in [5.74, 6) is 0.149. The average molecular weight is 310 g/mol. The first kappa shape index (κ1) is 16.1. The van der Waals surface area contributed by atoms with Crippen LogP contribution in [-0.2, 0) is 11.3 Å². The minimum atomic E-state index is 0.149. The molecule has 1 saturated heterocycles. The van der Waals surface area contributed by atoms with Crippen molar-refractivity contribution in [2.24, 2.45) is 0 Å². The summed E-state index contributed by atoms with van der Waals surface area (Å²) in [6.45, 7) is 9.92. The summed E-state index contributed by atoms with van der Waals surface area (Å²) in [6.07, 6.45) is 0. The third-order valence-corrected chi connectivity index (χ3v) is 4.09. The molecular formula is C16H24ClN3O. The van der Waals surface area contributed by atoms with Gasteiger partial charge in [0.1, 0.15) is 0 Å². The van der Waals surface area contributed by atoms with Crippen molar-refractivity contribution in [3.8, 4) is 0 Å². The molecule has 116 valence electrons. The van der Waals surface area contributed by atoms with Gasteiger partial charge in [-0.2, -0.15) is 0 Å². The second-order valence-corrected chi connectivity index (χ2v) is 6.22. The molecule has 0 aliphatic carbocycles. The van der Waals surface area contributed by atoms with Crippen LogP contribution < -0.4 is 10.2 Å². The first-order valence-corrected chi connectivity index (χ1v) is 7.87. The monoisotopic (exact) mass is 309 g/mol. The number of anilines is 1. The minimum absolute atomic E-state index is 0.149. The lowest BCUT2D eigenvalue weighted by atomic mass is 10.1. The Morgan fingerprint density at radius 3 is 2.48 bits per heavy atom. The summed E-state index contributed by atoms with van der Waals surface area (Å²) in [5, 5.41) is 4.18. The number of amides is 1. The molecule has 1 aromatic carbocycles. The number of hydrogen-bond acceptors (Lipinski definition) is 3. The fourth-order valence-corrected chi connectivity index (χ4v) is 2.82. The van der Waals surface area contributed by atoms with Crippen LogP contribution in [0.3, 0.4) is 0 Å². The van der Waals surface area contributed by atoms with Gasteiger partial charge in [0, 0.05) is 45.7 Å². The van der Waals surface area contributed by atoms with Gasteiger partial charge in [-0.05, 0) is 17.7 Å². The van der Waals surface area contributed by atoms with E-state index in [0.29, 0.717) is 6.04 Å². The van der Waals surface area contributed by atoms with Gasteiger partial charge in [-0.15, -0.1) is 0 Å². The number of carbonyl (C=O) groups is 1. The van der Waals surface area contributed by atoms with Gasteiger partial charge >= 0.3 is 0 Å². The van der Waals surface area contributed by atoms with Crippen LogP contribution in [0.25, 0.3) is 0 Å². The molecule has 0 bridgehead atoms. The molecule has 0 spiro atoms. The van der Waals surface area contributed by atoms with Gasteiger partial charge in [-0.3, -0.25) is 4.79 Å². The highest BCUT2D eigenvalue weighted by molar-refractivity contribution is 6.33. The number of piperazine rings is 1. The van der Waals surface area contributed by atoms with Crippen molar-refractivity contribution in [3.05, 3.63) is 28.8 Å². The highest BCUT2D eigenvalue weighted by Gasteiger charge is 2.20. The van der Waals surface area contributed by atoms with Crippen LogP contribution >= 0.6 is 11.6 Å². The number of rotatable bonds is 4. The number of nitrogens with zero attached hydrogens (tertiary/aromatic N) is 2. The molecule has 1 amide bonds. The number of carbonyl (C=O) groups excluding carboxylic acids is 1. The fraction of sp³-hybridized carbons (Fsp3) is 0.562. The predicted octanol–water partition coefficient (Wildman–Crippen LogP) is 2.51. The third kappa shape index (κ3) is 4.35. The predicted molar refractivity (Wildman–Crippen MR) is 87.9 cm³/mol. The number of hydrogen-bond donors (Lipinski definition) is 1. The van der Waals surface area contributed by atoms with Crippen LogP contribution in [-0.4, -0.2) is 43.0 Å².